The van der Waals surface area contributed by atoms with E-state index in [1.807, 2.05) is 0 Å². The molecule has 0 radical (unpaired) electrons. The van der Waals surface area contributed by atoms with E-state index in [2.05, 4.69) is 10.3 Å². The van der Waals surface area contributed by atoms with E-state index >= 15 is 0 Å². The summed E-state index contributed by atoms with van der Waals surface area (Å²) in [6, 6.07) is 6.56. The number of hydrogen-bond acceptors (Lipinski definition) is 4. The van der Waals surface area contributed by atoms with Crippen molar-refractivity contribution in [2.45, 2.75) is 5.03 Å². The fourth-order valence-corrected chi connectivity index (χ4v) is 2.03. The maximum atomic E-state index is 13.0. The standard InChI is InChI=1S/C13H11F2N3OS/c14-10-3-2-9(5-11(10)15)18-12(19)7-20-13-4-1-8(16)6-17-13/h1-6H,7,16H2,(H,18,19). The molecule has 0 atom stereocenters. The van der Waals surface area contributed by atoms with Crippen LogP contribution in [-0.2, 0) is 4.79 Å². The summed E-state index contributed by atoms with van der Waals surface area (Å²) < 4.78 is 25.7. The molecule has 3 N–H and O–H groups in total. The molecule has 1 heterocycles. The molecule has 1 amide bonds. The van der Waals surface area contributed by atoms with Gasteiger partial charge in [0.25, 0.3) is 0 Å². The molecule has 0 saturated heterocycles. The molecule has 2 aromatic rings. The SMILES string of the molecule is Nc1ccc(SCC(=O)Nc2ccc(F)c(F)c2)nc1. The van der Waals surface area contributed by atoms with E-state index in [-0.39, 0.29) is 17.3 Å². The summed E-state index contributed by atoms with van der Waals surface area (Å²) in [6.45, 7) is 0. The Morgan fingerprint density at radius 2 is 2.05 bits per heavy atom. The van der Waals surface area contributed by atoms with E-state index in [1.54, 1.807) is 12.1 Å². The molecule has 20 heavy (non-hydrogen) atoms. The molecule has 0 aliphatic rings. The van der Waals surface area contributed by atoms with Gasteiger partial charge in [-0.2, -0.15) is 0 Å². The minimum absolute atomic E-state index is 0.107. The number of nitrogen functional groups attached to an aromatic ring is 1. The van der Waals surface area contributed by atoms with E-state index < -0.39 is 11.6 Å². The van der Waals surface area contributed by atoms with E-state index in [0.29, 0.717) is 10.7 Å². The highest BCUT2D eigenvalue weighted by molar-refractivity contribution is 7.99. The van der Waals surface area contributed by atoms with Crippen LogP contribution in [0.3, 0.4) is 0 Å². The number of carbonyl (C=O) groups excluding carboxylic acids is 1. The lowest BCUT2D eigenvalue weighted by molar-refractivity contribution is -0.113. The molecule has 4 nitrogen and oxygen atoms in total. The predicted molar refractivity (Wildman–Crippen MR) is 74.4 cm³/mol. The zero-order chi connectivity index (χ0) is 14.5. The summed E-state index contributed by atoms with van der Waals surface area (Å²) in [5.41, 5.74) is 6.24. The highest BCUT2D eigenvalue weighted by atomic mass is 32.2. The zero-order valence-electron chi connectivity index (χ0n) is 10.3. The second-order valence-electron chi connectivity index (χ2n) is 3.90. The Labute approximate surface area is 118 Å². The third-order valence-corrected chi connectivity index (χ3v) is 3.26. The van der Waals surface area contributed by atoms with Crippen LogP contribution in [0.1, 0.15) is 0 Å². The van der Waals surface area contributed by atoms with Gasteiger partial charge in [-0.1, -0.05) is 11.8 Å². The van der Waals surface area contributed by atoms with E-state index in [9.17, 15) is 13.6 Å². The summed E-state index contributed by atoms with van der Waals surface area (Å²) in [4.78, 5) is 15.7. The molecular formula is C13H11F2N3OS. The maximum Gasteiger partial charge on any atom is 0.234 e. The lowest BCUT2D eigenvalue weighted by Crippen LogP contribution is -2.14. The third kappa shape index (κ3) is 3.92. The Balaban J connectivity index is 1.89. The number of nitrogens with two attached hydrogens (primary N) is 1. The van der Waals surface area contributed by atoms with Crippen LogP contribution in [-0.4, -0.2) is 16.6 Å². The summed E-state index contributed by atoms with van der Waals surface area (Å²) >= 11 is 1.22. The van der Waals surface area contributed by atoms with Crippen LogP contribution in [0.25, 0.3) is 0 Å². The van der Waals surface area contributed by atoms with Gasteiger partial charge in [-0.05, 0) is 24.3 Å². The molecule has 0 fully saturated rings. The summed E-state index contributed by atoms with van der Waals surface area (Å²) in [5.74, 6) is -2.19. The van der Waals surface area contributed by atoms with Gasteiger partial charge in [0.1, 0.15) is 0 Å². The number of nitrogens with one attached hydrogen (secondary N) is 1. The van der Waals surface area contributed by atoms with Crippen molar-refractivity contribution in [1.29, 1.82) is 0 Å². The van der Waals surface area contributed by atoms with Crippen LogP contribution in [0.4, 0.5) is 20.2 Å². The Kier molecular flexibility index (Phi) is 4.52. The van der Waals surface area contributed by atoms with Crippen molar-refractivity contribution in [2.24, 2.45) is 0 Å². The molecule has 0 saturated carbocycles. The number of anilines is 2. The van der Waals surface area contributed by atoms with Crippen LogP contribution >= 0.6 is 11.8 Å². The zero-order valence-corrected chi connectivity index (χ0v) is 11.1. The number of carbonyl (C=O) groups is 1. The highest BCUT2D eigenvalue weighted by Gasteiger charge is 2.07. The number of amides is 1. The quantitative estimate of drug-likeness (QED) is 0.851. The smallest absolute Gasteiger partial charge is 0.234 e. The molecule has 0 bridgehead atoms. The average molecular weight is 295 g/mol. The van der Waals surface area contributed by atoms with Crippen molar-refractivity contribution in [2.75, 3.05) is 16.8 Å². The van der Waals surface area contributed by atoms with Gasteiger partial charge in [0.15, 0.2) is 11.6 Å². The van der Waals surface area contributed by atoms with Crippen LogP contribution < -0.4 is 11.1 Å². The number of rotatable bonds is 4. The minimum atomic E-state index is -1.00. The van der Waals surface area contributed by atoms with Crippen molar-refractivity contribution in [3.8, 4) is 0 Å². The van der Waals surface area contributed by atoms with Crippen molar-refractivity contribution >= 4 is 29.0 Å². The molecule has 104 valence electrons. The Hall–Kier alpha value is -2.15. The molecule has 1 aromatic heterocycles. The molecule has 7 heteroatoms. The van der Waals surface area contributed by atoms with Crippen molar-refractivity contribution in [1.82, 2.24) is 4.98 Å². The Morgan fingerprint density at radius 1 is 1.25 bits per heavy atom. The van der Waals surface area contributed by atoms with E-state index in [0.717, 1.165) is 12.1 Å². The summed E-state index contributed by atoms with van der Waals surface area (Å²) in [6.07, 6.45) is 1.50. The normalized spacial score (nSPS) is 10.3. The predicted octanol–water partition coefficient (Wildman–Crippen LogP) is 2.67. The summed E-state index contributed by atoms with van der Waals surface area (Å²) in [5, 5.41) is 3.13. The van der Waals surface area contributed by atoms with Gasteiger partial charge >= 0.3 is 0 Å². The van der Waals surface area contributed by atoms with Gasteiger partial charge in [0.2, 0.25) is 5.91 Å². The number of aromatic nitrogens is 1. The molecule has 0 unspecified atom stereocenters. The Bertz CT molecular complexity index is 620. The van der Waals surface area contributed by atoms with Crippen LogP contribution in [0.15, 0.2) is 41.6 Å². The fourth-order valence-electron chi connectivity index (χ4n) is 1.39. The monoisotopic (exact) mass is 295 g/mol. The van der Waals surface area contributed by atoms with Gasteiger partial charge in [-0.3, -0.25) is 4.79 Å². The van der Waals surface area contributed by atoms with Gasteiger partial charge in [-0.25, -0.2) is 13.8 Å². The van der Waals surface area contributed by atoms with Crippen molar-refractivity contribution in [3.05, 3.63) is 48.2 Å². The van der Waals surface area contributed by atoms with Gasteiger partial charge in [0, 0.05) is 11.8 Å². The number of thioether (sulfide) groups is 1. The lowest BCUT2D eigenvalue weighted by Gasteiger charge is -2.05. The van der Waals surface area contributed by atoms with E-state index in [1.165, 1.54) is 24.0 Å². The lowest BCUT2D eigenvalue weighted by atomic mass is 10.3. The van der Waals surface area contributed by atoms with E-state index in [4.69, 9.17) is 5.73 Å². The molecule has 0 aliphatic heterocycles. The molecule has 0 aliphatic carbocycles. The van der Waals surface area contributed by atoms with Crippen LogP contribution in [0, 0.1) is 11.6 Å². The van der Waals surface area contributed by atoms with Gasteiger partial charge < -0.3 is 11.1 Å². The Morgan fingerprint density at radius 3 is 2.70 bits per heavy atom. The number of halogens is 2. The maximum absolute atomic E-state index is 13.0. The van der Waals surface area contributed by atoms with Gasteiger partial charge in [0.05, 0.1) is 22.7 Å². The second kappa shape index (κ2) is 6.33. The molecule has 2 rings (SSSR count). The number of benzene rings is 1. The average Bonchev–Trinajstić information content (AvgIpc) is 2.42. The van der Waals surface area contributed by atoms with Crippen LogP contribution in [0.2, 0.25) is 0 Å². The second-order valence-corrected chi connectivity index (χ2v) is 4.89. The fraction of sp³-hybridized carbons (Fsp3) is 0.0769. The van der Waals surface area contributed by atoms with Crippen molar-refractivity contribution in [3.63, 3.8) is 0 Å². The van der Waals surface area contributed by atoms with Gasteiger partial charge in [-0.15, -0.1) is 0 Å². The molecule has 0 spiro atoms. The summed E-state index contributed by atoms with van der Waals surface area (Å²) in [7, 11) is 0. The number of nitrogens with zero attached hydrogens (tertiary/aromatic N) is 1. The number of pyridine rings is 1. The van der Waals surface area contributed by atoms with Crippen molar-refractivity contribution < 1.29 is 13.6 Å². The topological polar surface area (TPSA) is 68.0 Å². The largest absolute Gasteiger partial charge is 0.397 e. The first-order valence-corrected chi connectivity index (χ1v) is 6.62. The minimum Gasteiger partial charge on any atom is -0.397 e. The first-order chi connectivity index (χ1) is 9.54. The molecule has 1 aromatic carbocycles. The van der Waals surface area contributed by atoms with Crippen LogP contribution in [0.5, 0.6) is 0 Å². The number of hydrogen-bond donors (Lipinski definition) is 2. The first kappa shape index (κ1) is 14.3. The highest BCUT2D eigenvalue weighted by Crippen LogP contribution is 2.17. The molecular weight excluding hydrogens is 284 g/mol. The first-order valence-electron chi connectivity index (χ1n) is 5.64. The third-order valence-electron chi connectivity index (χ3n) is 2.31.